The van der Waals surface area contributed by atoms with Crippen LogP contribution in [0.1, 0.15) is 13.3 Å². The molecule has 0 aliphatic rings. The standard InChI is InChI=1S/C7H16N2O2S.2ClH/c1-2-12-9-6-7(10)11-5-3-4-8;;/h9H,2-6,8H2,1H3;2*1H. The van der Waals surface area contributed by atoms with Crippen LogP contribution in [-0.2, 0) is 9.53 Å². The third-order valence-electron chi connectivity index (χ3n) is 1.07. The van der Waals surface area contributed by atoms with Crippen molar-refractivity contribution in [3.05, 3.63) is 0 Å². The largest absolute Gasteiger partial charge is 0.465 e. The Balaban J connectivity index is -0.000000605. The van der Waals surface area contributed by atoms with E-state index in [1.165, 1.54) is 11.9 Å². The molecule has 0 aromatic heterocycles. The van der Waals surface area contributed by atoms with E-state index in [2.05, 4.69) is 4.72 Å². The van der Waals surface area contributed by atoms with Gasteiger partial charge in [-0.1, -0.05) is 18.9 Å². The Kier molecular flexibility index (Phi) is 22.3. The van der Waals surface area contributed by atoms with Gasteiger partial charge in [0.2, 0.25) is 0 Å². The molecule has 0 fully saturated rings. The average Bonchev–Trinajstić information content (AvgIpc) is 2.06. The van der Waals surface area contributed by atoms with E-state index in [1.807, 2.05) is 6.92 Å². The van der Waals surface area contributed by atoms with E-state index in [0.717, 1.165) is 12.2 Å². The highest BCUT2D eigenvalue weighted by Crippen LogP contribution is 1.89. The number of carbonyl (C=O) groups excluding carboxylic acids is 1. The number of nitrogens with two attached hydrogens (primary N) is 1. The molecule has 0 saturated carbocycles. The number of halogens is 2. The van der Waals surface area contributed by atoms with Crippen molar-refractivity contribution in [3.8, 4) is 0 Å². The molecular formula is C7H18Cl2N2O2S. The van der Waals surface area contributed by atoms with E-state index < -0.39 is 0 Å². The summed E-state index contributed by atoms with van der Waals surface area (Å²) in [5.41, 5.74) is 5.23. The molecule has 7 heteroatoms. The van der Waals surface area contributed by atoms with Crippen molar-refractivity contribution < 1.29 is 9.53 Å². The van der Waals surface area contributed by atoms with Crippen molar-refractivity contribution in [1.82, 2.24) is 4.72 Å². The third-order valence-corrected chi connectivity index (χ3v) is 1.71. The predicted molar refractivity (Wildman–Crippen MR) is 65.3 cm³/mol. The van der Waals surface area contributed by atoms with Gasteiger partial charge in [-0.3, -0.25) is 9.52 Å². The number of nitrogens with one attached hydrogen (secondary N) is 1. The van der Waals surface area contributed by atoms with Crippen LogP contribution in [0.15, 0.2) is 0 Å². The summed E-state index contributed by atoms with van der Waals surface area (Å²) in [7, 11) is 0. The highest BCUT2D eigenvalue weighted by Gasteiger charge is 1.99. The summed E-state index contributed by atoms with van der Waals surface area (Å²) in [5, 5.41) is 0. The summed E-state index contributed by atoms with van der Waals surface area (Å²) in [4.78, 5) is 10.9. The Labute approximate surface area is 102 Å². The van der Waals surface area contributed by atoms with Crippen LogP contribution < -0.4 is 10.5 Å². The summed E-state index contributed by atoms with van der Waals surface area (Å²) >= 11 is 1.50. The number of ether oxygens (including phenoxy) is 1. The van der Waals surface area contributed by atoms with Gasteiger partial charge < -0.3 is 10.5 Å². The maximum Gasteiger partial charge on any atom is 0.320 e. The van der Waals surface area contributed by atoms with Gasteiger partial charge in [0.15, 0.2) is 0 Å². The number of hydrogen-bond acceptors (Lipinski definition) is 5. The van der Waals surface area contributed by atoms with Crippen LogP contribution in [0.2, 0.25) is 0 Å². The molecule has 0 aromatic carbocycles. The number of rotatable bonds is 7. The van der Waals surface area contributed by atoms with Crippen LogP contribution in [0.25, 0.3) is 0 Å². The molecule has 0 rings (SSSR count). The van der Waals surface area contributed by atoms with Crippen molar-refractivity contribution >= 4 is 42.7 Å². The fraction of sp³-hybridized carbons (Fsp3) is 0.857. The minimum Gasteiger partial charge on any atom is -0.465 e. The van der Waals surface area contributed by atoms with Gasteiger partial charge in [-0.15, -0.1) is 24.8 Å². The average molecular weight is 265 g/mol. The van der Waals surface area contributed by atoms with Crippen molar-refractivity contribution in [2.24, 2.45) is 5.73 Å². The minimum atomic E-state index is -0.218. The maximum atomic E-state index is 10.9. The van der Waals surface area contributed by atoms with Gasteiger partial charge in [0.1, 0.15) is 6.54 Å². The SMILES string of the molecule is CCSNCC(=O)OCCCN.Cl.Cl. The first-order chi connectivity index (χ1) is 5.81. The summed E-state index contributed by atoms with van der Waals surface area (Å²) in [5.74, 6) is 0.722. The number of esters is 1. The molecule has 0 heterocycles. The zero-order chi connectivity index (χ0) is 9.23. The van der Waals surface area contributed by atoms with Gasteiger partial charge >= 0.3 is 5.97 Å². The quantitative estimate of drug-likeness (QED) is 0.408. The first-order valence-electron chi connectivity index (χ1n) is 4.01. The zero-order valence-corrected chi connectivity index (χ0v) is 10.6. The van der Waals surface area contributed by atoms with Crippen LogP contribution in [-0.4, -0.2) is 31.4 Å². The lowest BCUT2D eigenvalue weighted by Gasteiger charge is -2.03. The van der Waals surface area contributed by atoms with Crippen LogP contribution in [0.5, 0.6) is 0 Å². The lowest BCUT2D eigenvalue weighted by atomic mass is 10.5. The van der Waals surface area contributed by atoms with E-state index >= 15 is 0 Å². The monoisotopic (exact) mass is 264 g/mol. The lowest BCUT2D eigenvalue weighted by Crippen LogP contribution is -2.20. The topological polar surface area (TPSA) is 64.3 Å². The van der Waals surface area contributed by atoms with Crippen LogP contribution >= 0.6 is 36.8 Å². The van der Waals surface area contributed by atoms with E-state index in [-0.39, 0.29) is 37.3 Å². The van der Waals surface area contributed by atoms with Crippen molar-refractivity contribution in [2.45, 2.75) is 13.3 Å². The van der Waals surface area contributed by atoms with Crippen molar-refractivity contribution in [3.63, 3.8) is 0 Å². The second kappa shape index (κ2) is 15.8. The summed E-state index contributed by atoms with van der Waals surface area (Å²) in [6, 6.07) is 0. The van der Waals surface area contributed by atoms with Crippen molar-refractivity contribution in [2.75, 3.05) is 25.4 Å². The van der Waals surface area contributed by atoms with Gasteiger partial charge in [0.05, 0.1) is 6.61 Å². The Morgan fingerprint density at radius 3 is 2.64 bits per heavy atom. The third kappa shape index (κ3) is 14.8. The smallest absolute Gasteiger partial charge is 0.320 e. The highest BCUT2D eigenvalue weighted by atomic mass is 35.5. The first-order valence-corrected chi connectivity index (χ1v) is 5.00. The molecule has 0 spiro atoms. The summed E-state index contributed by atoms with van der Waals surface area (Å²) in [6.07, 6.45) is 0.729. The molecule has 0 saturated heterocycles. The second-order valence-corrected chi connectivity index (χ2v) is 3.27. The Morgan fingerprint density at radius 2 is 2.14 bits per heavy atom. The summed E-state index contributed by atoms with van der Waals surface area (Å²) < 4.78 is 7.71. The lowest BCUT2D eigenvalue weighted by molar-refractivity contribution is -0.142. The maximum absolute atomic E-state index is 10.9. The molecule has 0 aliphatic carbocycles. The molecule has 0 atom stereocenters. The molecule has 0 unspecified atom stereocenters. The molecule has 0 radical (unpaired) electrons. The molecule has 0 aliphatic heterocycles. The molecule has 0 aromatic rings. The zero-order valence-electron chi connectivity index (χ0n) is 8.15. The predicted octanol–water partition coefficient (Wildman–Crippen LogP) is 0.980. The molecule has 4 nitrogen and oxygen atoms in total. The highest BCUT2D eigenvalue weighted by molar-refractivity contribution is 7.97. The van der Waals surface area contributed by atoms with Crippen molar-refractivity contribution in [1.29, 1.82) is 0 Å². The van der Waals surface area contributed by atoms with Crippen LogP contribution in [0.4, 0.5) is 0 Å². The van der Waals surface area contributed by atoms with E-state index in [4.69, 9.17) is 10.5 Å². The fourth-order valence-corrected chi connectivity index (χ4v) is 0.956. The molecule has 3 N–H and O–H groups in total. The Hall–Kier alpha value is 0.320. The molecule has 14 heavy (non-hydrogen) atoms. The molecular weight excluding hydrogens is 247 g/mol. The van der Waals surface area contributed by atoms with Gasteiger partial charge in [0, 0.05) is 5.75 Å². The molecule has 0 amide bonds. The van der Waals surface area contributed by atoms with Gasteiger partial charge in [0.25, 0.3) is 0 Å². The first kappa shape index (κ1) is 19.8. The Bertz CT molecular complexity index is 118. The molecule has 0 bridgehead atoms. The number of carbonyl (C=O) groups is 1. The fourth-order valence-electron chi connectivity index (χ4n) is 0.532. The van der Waals surface area contributed by atoms with Crippen LogP contribution in [0, 0.1) is 0 Å². The van der Waals surface area contributed by atoms with E-state index in [1.54, 1.807) is 0 Å². The molecule has 88 valence electrons. The Morgan fingerprint density at radius 1 is 1.50 bits per heavy atom. The van der Waals surface area contributed by atoms with E-state index in [9.17, 15) is 4.79 Å². The number of hydrogen-bond donors (Lipinski definition) is 2. The van der Waals surface area contributed by atoms with Gasteiger partial charge in [-0.2, -0.15) is 0 Å². The summed E-state index contributed by atoms with van der Waals surface area (Å²) in [6.45, 7) is 3.26. The van der Waals surface area contributed by atoms with Gasteiger partial charge in [-0.05, 0) is 13.0 Å². The van der Waals surface area contributed by atoms with Crippen LogP contribution in [0.3, 0.4) is 0 Å². The minimum absolute atomic E-state index is 0. The second-order valence-electron chi connectivity index (χ2n) is 2.12. The normalized spacial score (nSPS) is 8.43. The van der Waals surface area contributed by atoms with E-state index in [0.29, 0.717) is 13.2 Å². The van der Waals surface area contributed by atoms with Gasteiger partial charge in [-0.25, -0.2) is 0 Å².